The number of benzene rings is 1. The lowest BCUT2D eigenvalue weighted by molar-refractivity contribution is 0.0529. The summed E-state index contributed by atoms with van der Waals surface area (Å²) >= 11 is 0. The number of aliphatic hydroxyl groups excluding tert-OH is 1. The molecule has 1 rings (SSSR count). The number of aliphatic hydroxyl groups is 1. The predicted molar refractivity (Wildman–Crippen MR) is 85.1 cm³/mol. The molecule has 0 radical (unpaired) electrons. The molecule has 4 heteroatoms. The summed E-state index contributed by atoms with van der Waals surface area (Å²) in [6.45, 7) is 6.24. The molecule has 0 atom stereocenters. The smallest absolute Gasteiger partial charge is 0.407 e. The minimum atomic E-state index is -0.462. The second-order valence-electron chi connectivity index (χ2n) is 5.83. The van der Waals surface area contributed by atoms with Crippen LogP contribution in [0, 0.1) is 0 Å². The number of carbonyl (C=O) groups excluding carboxylic acids is 1. The second-order valence-corrected chi connectivity index (χ2v) is 5.83. The highest BCUT2D eigenvalue weighted by molar-refractivity contribution is 5.67. The van der Waals surface area contributed by atoms with Gasteiger partial charge in [0.2, 0.25) is 0 Å². The van der Waals surface area contributed by atoms with E-state index in [-0.39, 0.29) is 12.7 Å². The van der Waals surface area contributed by atoms with Crippen molar-refractivity contribution in [2.24, 2.45) is 0 Å². The Bertz CT molecular complexity index is 458. The minimum Gasteiger partial charge on any atom is -0.444 e. The summed E-state index contributed by atoms with van der Waals surface area (Å²) in [6.07, 6.45) is 5.07. The number of carbonyl (C=O) groups is 1. The number of ether oxygens (including phenoxy) is 1. The van der Waals surface area contributed by atoms with Crippen LogP contribution in [0.3, 0.4) is 0 Å². The molecule has 0 fully saturated rings. The zero-order valence-electron chi connectivity index (χ0n) is 13.1. The van der Waals surface area contributed by atoms with Crippen LogP contribution in [-0.2, 0) is 11.2 Å². The van der Waals surface area contributed by atoms with Crippen LogP contribution in [0.5, 0.6) is 0 Å². The van der Waals surface area contributed by atoms with Gasteiger partial charge in [0, 0.05) is 13.2 Å². The Morgan fingerprint density at radius 2 is 1.95 bits per heavy atom. The van der Waals surface area contributed by atoms with Crippen molar-refractivity contribution in [2.45, 2.75) is 39.2 Å². The molecule has 0 unspecified atom stereocenters. The average Bonchev–Trinajstić information content (AvgIpc) is 2.38. The third-order valence-electron chi connectivity index (χ3n) is 2.67. The number of hydrogen-bond acceptors (Lipinski definition) is 3. The van der Waals surface area contributed by atoms with Gasteiger partial charge in [0.15, 0.2) is 0 Å². The molecule has 0 aromatic heterocycles. The van der Waals surface area contributed by atoms with Gasteiger partial charge in [0.1, 0.15) is 5.60 Å². The molecule has 0 heterocycles. The van der Waals surface area contributed by atoms with Crippen LogP contribution in [0.4, 0.5) is 4.79 Å². The molecule has 1 amide bonds. The van der Waals surface area contributed by atoms with E-state index in [2.05, 4.69) is 5.32 Å². The fourth-order valence-corrected chi connectivity index (χ4v) is 1.72. The van der Waals surface area contributed by atoms with E-state index >= 15 is 0 Å². The van der Waals surface area contributed by atoms with E-state index in [1.54, 1.807) is 0 Å². The van der Waals surface area contributed by atoms with Crippen LogP contribution in [0.25, 0.3) is 6.08 Å². The Morgan fingerprint density at radius 3 is 2.52 bits per heavy atom. The van der Waals surface area contributed by atoms with Crippen LogP contribution < -0.4 is 5.32 Å². The summed E-state index contributed by atoms with van der Waals surface area (Å²) in [4.78, 5) is 11.4. The maximum Gasteiger partial charge on any atom is 0.407 e. The van der Waals surface area contributed by atoms with Crippen molar-refractivity contribution in [1.29, 1.82) is 0 Å². The third kappa shape index (κ3) is 8.15. The summed E-state index contributed by atoms with van der Waals surface area (Å²) in [6, 6.07) is 8.05. The lowest BCUT2D eigenvalue weighted by Crippen LogP contribution is -2.32. The second kappa shape index (κ2) is 8.47. The van der Waals surface area contributed by atoms with Gasteiger partial charge in [-0.3, -0.25) is 0 Å². The molecule has 0 saturated heterocycles. The van der Waals surface area contributed by atoms with Gasteiger partial charge in [-0.05, 0) is 44.7 Å². The first-order valence-corrected chi connectivity index (χ1v) is 7.24. The quantitative estimate of drug-likeness (QED) is 0.792. The van der Waals surface area contributed by atoms with Crippen molar-refractivity contribution in [3.8, 4) is 0 Å². The Balaban J connectivity index is 2.27. The van der Waals surface area contributed by atoms with E-state index in [1.165, 1.54) is 0 Å². The lowest BCUT2D eigenvalue weighted by Gasteiger charge is -2.19. The van der Waals surface area contributed by atoms with Gasteiger partial charge in [-0.2, -0.15) is 0 Å². The summed E-state index contributed by atoms with van der Waals surface area (Å²) < 4.78 is 5.14. The van der Waals surface area contributed by atoms with Crippen molar-refractivity contribution >= 4 is 12.2 Å². The Labute approximate surface area is 126 Å². The molecule has 0 bridgehead atoms. The van der Waals surface area contributed by atoms with Gasteiger partial charge in [-0.25, -0.2) is 4.79 Å². The number of hydrogen-bond donors (Lipinski definition) is 2. The first-order valence-electron chi connectivity index (χ1n) is 7.24. The molecule has 2 N–H and O–H groups in total. The number of rotatable bonds is 6. The third-order valence-corrected chi connectivity index (χ3v) is 2.67. The van der Waals surface area contributed by atoms with Gasteiger partial charge in [0.25, 0.3) is 0 Å². The highest BCUT2D eigenvalue weighted by Crippen LogP contribution is 2.08. The van der Waals surface area contributed by atoms with Gasteiger partial charge in [-0.1, -0.05) is 36.4 Å². The Kier molecular flexibility index (Phi) is 6.96. The molecule has 1 aromatic carbocycles. The molecule has 0 spiro atoms. The van der Waals surface area contributed by atoms with Gasteiger partial charge < -0.3 is 15.2 Å². The molecule has 21 heavy (non-hydrogen) atoms. The van der Waals surface area contributed by atoms with Crippen LogP contribution >= 0.6 is 0 Å². The molecule has 0 saturated carbocycles. The average molecular weight is 291 g/mol. The zero-order valence-corrected chi connectivity index (χ0v) is 13.1. The monoisotopic (exact) mass is 291 g/mol. The van der Waals surface area contributed by atoms with Gasteiger partial charge in [0.05, 0.1) is 0 Å². The molecule has 0 aliphatic carbocycles. The highest BCUT2D eigenvalue weighted by Gasteiger charge is 2.15. The minimum absolute atomic E-state index is 0.172. The lowest BCUT2D eigenvalue weighted by atomic mass is 10.1. The molecular weight excluding hydrogens is 266 g/mol. The number of nitrogens with one attached hydrogen (secondary N) is 1. The van der Waals surface area contributed by atoms with Crippen LogP contribution in [0.2, 0.25) is 0 Å². The zero-order chi connectivity index (χ0) is 15.7. The van der Waals surface area contributed by atoms with E-state index in [4.69, 9.17) is 9.84 Å². The van der Waals surface area contributed by atoms with E-state index < -0.39 is 5.60 Å². The fraction of sp³-hybridized carbons (Fsp3) is 0.471. The van der Waals surface area contributed by atoms with Crippen LogP contribution in [0.15, 0.2) is 30.3 Å². The predicted octanol–water partition coefficient (Wildman–Crippen LogP) is 3.15. The van der Waals surface area contributed by atoms with E-state index in [0.717, 1.165) is 17.5 Å². The largest absolute Gasteiger partial charge is 0.444 e. The van der Waals surface area contributed by atoms with E-state index in [1.807, 2.05) is 57.2 Å². The highest BCUT2D eigenvalue weighted by atomic mass is 16.6. The van der Waals surface area contributed by atoms with Gasteiger partial charge >= 0.3 is 6.09 Å². The number of alkyl carbamates (subject to hydrolysis) is 1. The molecular formula is C17H25NO3. The van der Waals surface area contributed by atoms with E-state index in [0.29, 0.717) is 13.0 Å². The summed E-state index contributed by atoms with van der Waals surface area (Å²) in [5.74, 6) is 0. The van der Waals surface area contributed by atoms with Crippen LogP contribution in [-0.4, -0.2) is 30.0 Å². The number of amides is 1. The van der Waals surface area contributed by atoms with Crippen molar-refractivity contribution in [2.75, 3.05) is 13.2 Å². The van der Waals surface area contributed by atoms with Gasteiger partial charge in [-0.15, -0.1) is 0 Å². The van der Waals surface area contributed by atoms with Crippen molar-refractivity contribution < 1.29 is 14.6 Å². The Morgan fingerprint density at radius 1 is 1.29 bits per heavy atom. The Hall–Kier alpha value is -1.81. The SMILES string of the molecule is CC(C)(C)OC(=O)NCCC=Cc1ccc(CCO)cc1. The standard InChI is InChI=1S/C17H25NO3/c1-17(2,3)21-16(20)18-12-5-4-6-14-7-9-15(10-8-14)11-13-19/h4,6-10,19H,5,11-13H2,1-3H3,(H,18,20). The summed E-state index contributed by atoms with van der Waals surface area (Å²) in [7, 11) is 0. The molecule has 4 nitrogen and oxygen atoms in total. The van der Waals surface area contributed by atoms with E-state index in [9.17, 15) is 4.79 Å². The maximum absolute atomic E-state index is 11.4. The van der Waals surface area contributed by atoms with Crippen molar-refractivity contribution in [1.82, 2.24) is 5.32 Å². The first kappa shape index (κ1) is 17.2. The summed E-state index contributed by atoms with van der Waals surface area (Å²) in [5.41, 5.74) is 1.77. The molecule has 116 valence electrons. The topological polar surface area (TPSA) is 58.6 Å². The molecule has 0 aliphatic rings. The fourth-order valence-electron chi connectivity index (χ4n) is 1.72. The summed E-state index contributed by atoms with van der Waals surface area (Å²) in [5, 5.41) is 11.6. The molecule has 1 aromatic rings. The van der Waals surface area contributed by atoms with Crippen LogP contribution in [0.1, 0.15) is 38.3 Å². The molecule has 0 aliphatic heterocycles. The van der Waals surface area contributed by atoms with Crippen molar-refractivity contribution in [3.05, 3.63) is 41.5 Å². The maximum atomic E-state index is 11.4. The normalized spacial score (nSPS) is 11.6. The first-order chi connectivity index (χ1) is 9.90. The van der Waals surface area contributed by atoms with Crippen molar-refractivity contribution in [3.63, 3.8) is 0 Å².